The Labute approximate surface area is 172 Å². The number of para-hydroxylation sites is 1. The van der Waals surface area contributed by atoms with Crippen molar-refractivity contribution in [2.24, 2.45) is 0 Å². The summed E-state index contributed by atoms with van der Waals surface area (Å²) in [5, 5.41) is 5.27. The fraction of sp³-hybridized carbons (Fsp3) is 0.381. The van der Waals surface area contributed by atoms with Crippen LogP contribution in [-0.2, 0) is 17.3 Å². The molecule has 30 heavy (non-hydrogen) atoms. The number of amides is 2. The number of nitrogens with zero attached hydrogens (tertiary/aromatic N) is 1. The molecular formula is C21H22F3N3O3. The number of morpholine rings is 1. The van der Waals surface area contributed by atoms with Crippen molar-refractivity contribution in [2.75, 3.05) is 43.1 Å². The molecule has 0 aromatic heterocycles. The summed E-state index contributed by atoms with van der Waals surface area (Å²) >= 11 is 0. The number of nitrogens with one attached hydrogen (secondary N) is 2. The van der Waals surface area contributed by atoms with Crippen molar-refractivity contribution in [2.45, 2.75) is 18.7 Å². The van der Waals surface area contributed by atoms with Gasteiger partial charge in [-0.2, -0.15) is 13.2 Å². The fourth-order valence-electron chi connectivity index (χ4n) is 3.63. The minimum atomic E-state index is -4.50. The molecule has 0 unspecified atom stereocenters. The molecule has 2 N–H and O–H groups in total. The number of anilines is 2. The highest BCUT2D eigenvalue weighted by molar-refractivity contribution is 5.93. The minimum absolute atomic E-state index is 0.111. The van der Waals surface area contributed by atoms with Crippen LogP contribution in [0.15, 0.2) is 42.5 Å². The standard InChI is InChI=1S/C21H22F3N3O3/c22-21(23,24)15-5-6-18(27-7-9-29-10-8-27)17(12-15)26-20(28)25-13-16-11-14-3-1-2-4-19(14)30-16/h1-6,12,16H,7-11,13H2,(H2,25,26,28)/t16-/m1/s1. The van der Waals surface area contributed by atoms with E-state index in [1.807, 2.05) is 29.2 Å². The van der Waals surface area contributed by atoms with Crippen LogP contribution in [-0.4, -0.2) is 45.0 Å². The van der Waals surface area contributed by atoms with Crippen LogP contribution in [0.25, 0.3) is 0 Å². The van der Waals surface area contributed by atoms with Gasteiger partial charge >= 0.3 is 12.2 Å². The van der Waals surface area contributed by atoms with E-state index >= 15 is 0 Å². The van der Waals surface area contributed by atoms with Gasteiger partial charge in [-0.1, -0.05) is 18.2 Å². The van der Waals surface area contributed by atoms with E-state index < -0.39 is 17.8 Å². The van der Waals surface area contributed by atoms with Gasteiger partial charge < -0.3 is 25.0 Å². The summed E-state index contributed by atoms with van der Waals surface area (Å²) in [5.74, 6) is 0.789. The topological polar surface area (TPSA) is 62.8 Å². The van der Waals surface area contributed by atoms with Gasteiger partial charge in [0, 0.05) is 19.5 Å². The monoisotopic (exact) mass is 421 g/mol. The summed E-state index contributed by atoms with van der Waals surface area (Å²) in [7, 11) is 0. The molecule has 0 spiro atoms. The zero-order valence-electron chi connectivity index (χ0n) is 16.2. The van der Waals surface area contributed by atoms with E-state index in [0.717, 1.165) is 23.4 Å². The lowest BCUT2D eigenvalue weighted by Gasteiger charge is -2.31. The number of urea groups is 1. The quantitative estimate of drug-likeness (QED) is 0.791. The third-order valence-electron chi connectivity index (χ3n) is 5.13. The predicted octanol–water partition coefficient (Wildman–Crippen LogP) is 3.67. The number of carbonyl (C=O) groups excluding carboxylic acids is 1. The van der Waals surface area contributed by atoms with Gasteiger partial charge in [0.25, 0.3) is 0 Å². The van der Waals surface area contributed by atoms with Crippen LogP contribution >= 0.6 is 0 Å². The highest BCUT2D eigenvalue weighted by Crippen LogP contribution is 2.36. The number of hydrogen-bond acceptors (Lipinski definition) is 4. The largest absolute Gasteiger partial charge is 0.488 e. The Morgan fingerprint density at radius 1 is 1.13 bits per heavy atom. The molecule has 2 aromatic rings. The van der Waals surface area contributed by atoms with E-state index in [9.17, 15) is 18.0 Å². The first-order chi connectivity index (χ1) is 14.4. The van der Waals surface area contributed by atoms with Crippen molar-refractivity contribution < 1.29 is 27.4 Å². The Morgan fingerprint density at radius 3 is 2.63 bits per heavy atom. The molecule has 160 valence electrons. The molecule has 2 aliphatic heterocycles. The zero-order valence-corrected chi connectivity index (χ0v) is 16.2. The van der Waals surface area contributed by atoms with Crippen molar-refractivity contribution in [1.82, 2.24) is 5.32 Å². The molecule has 1 atom stereocenters. The molecule has 0 radical (unpaired) electrons. The van der Waals surface area contributed by atoms with Crippen molar-refractivity contribution in [3.8, 4) is 5.75 Å². The summed E-state index contributed by atoms with van der Waals surface area (Å²) in [6, 6.07) is 10.4. The van der Waals surface area contributed by atoms with Crippen molar-refractivity contribution in [3.63, 3.8) is 0 Å². The summed E-state index contributed by atoms with van der Waals surface area (Å²) in [4.78, 5) is 14.3. The average Bonchev–Trinajstić information content (AvgIpc) is 3.15. The van der Waals surface area contributed by atoms with Crippen LogP contribution in [0.5, 0.6) is 5.75 Å². The van der Waals surface area contributed by atoms with Gasteiger partial charge in [-0.25, -0.2) is 4.79 Å². The minimum Gasteiger partial charge on any atom is -0.488 e. The lowest BCUT2D eigenvalue weighted by Crippen LogP contribution is -2.39. The van der Waals surface area contributed by atoms with Gasteiger partial charge in [-0.3, -0.25) is 0 Å². The molecule has 1 fully saturated rings. The molecule has 2 heterocycles. The Hall–Kier alpha value is -2.94. The molecule has 9 heteroatoms. The van der Waals surface area contributed by atoms with Gasteiger partial charge in [0.05, 0.1) is 36.7 Å². The first kappa shape index (κ1) is 20.3. The fourth-order valence-corrected chi connectivity index (χ4v) is 3.63. The van der Waals surface area contributed by atoms with Crippen molar-refractivity contribution in [1.29, 1.82) is 0 Å². The van der Waals surface area contributed by atoms with Gasteiger partial charge in [-0.05, 0) is 29.8 Å². The number of fused-ring (bicyclic) bond motifs is 1. The summed E-state index contributed by atoms with van der Waals surface area (Å²) in [5.41, 5.74) is 0.896. The summed E-state index contributed by atoms with van der Waals surface area (Å²) < 4.78 is 50.6. The van der Waals surface area contributed by atoms with E-state index in [2.05, 4.69) is 10.6 Å². The van der Waals surface area contributed by atoms with Crippen LogP contribution in [0.3, 0.4) is 0 Å². The van der Waals surface area contributed by atoms with Crippen molar-refractivity contribution >= 4 is 17.4 Å². The molecule has 0 saturated carbocycles. The number of rotatable bonds is 4. The Morgan fingerprint density at radius 2 is 1.90 bits per heavy atom. The Bertz CT molecular complexity index is 889. The second-order valence-electron chi connectivity index (χ2n) is 7.22. The van der Waals surface area contributed by atoms with Crippen molar-refractivity contribution in [3.05, 3.63) is 53.6 Å². The van der Waals surface area contributed by atoms with E-state index in [-0.39, 0.29) is 18.3 Å². The maximum atomic E-state index is 13.2. The number of alkyl halides is 3. The Balaban J connectivity index is 1.43. The highest BCUT2D eigenvalue weighted by atomic mass is 19.4. The third kappa shape index (κ3) is 4.62. The number of benzene rings is 2. The molecule has 2 aliphatic rings. The number of hydrogen-bond donors (Lipinski definition) is 2. The van der Waals surface area contributed by atoms with Crippen LogP contribution in [0, 0.1) is 0 Å². The molecular weight excluding hydrogens is 399 g/mol. The zero-order chi connectivity index (χ0) is 21.1. The molecule has 1 saturated heterocycles. The SMILES string of the molecule is O=C(NC[C@H]1Cc2ccccc2O1)Nc1cc(C(F)(F)F)ccc1N1CCOCC1. The van der Waals surface area contributed by atoms with Crippen LogP contribution in [0.2, 0.25) is 0 Å². The molecule has 6 nitrogen and oxygen atoms in total. The van der Waals surface area contributed by atoms with Gasteiger partial charge in [0.2, 0.25) is 0 Å². The lowest BCUT2D eigenvalue weighted by atomic mass is 10.1. The smallest absolute Gasteiger partial charge is 0.416 e. The maximum Gasteiger partial charge on any atom is 0.416 e. The number of carbonyl (C=O) groups is 1. The van der Waals surface area contributed by atoms with E-state index in [4.69, 9.17) is 9.47 Å². The average molecular weight is 421 g/mol. The molecule has 4 rings (SSSR count). The van der Waals surface area contributed by atoms with Gasteiger partial charge in [0.1, 0.15) is 11.9 Å². The summed E-state index contributed by atoms with van der Waals surface area (Å²) in [6.45, 7) is 2.27. The normalized spacial score (nSPS) is 18.5. The van der Waals surface area contributed by atoms with E-state index in [1.54, 1.807) is 0 Å². The van der Waals surface area contributed by atoms with E-state index in [1.165, 1.54) is 6.07 Å². The second-order valence-corrected chi connectivity index (χ2v) is 7.22. The number of halogens is 3. The molecule has 0 aliphatic carbocycles. The van der Waals surface area contributed by atoms with Crippen LogP contribution < -0.4 is 20.3 Å². The molecule has 2 aromatic carbocycles. The van der Waals surface area contributed by atoms with Crippen LogP contribution in [0.1, 0.15) is 11.1 Å². The van der Waals surface area contributed by atoms with E-state index in [0.29, 0.717) is 38.4 Å². The lowest BCUT2D eigenvalue weighted by molar-refractivity contribution is -0.137. The third-order valence-corrected chi connectivity index (χ3v) is 5.13. The van der Waals surface area contributed by atoms with Crippen LogP contribution in [0.4, 0.5) is 29.3 Å². The number of ether oxygens (including phenoxy) is 2. The highest BCUT2D eigenvalue weighted by Gasteiger charge is 2.32. The molecule has 2 amide bonds. The maximum absolute atomic E-state index is 13.2. The first-order valence-corrected chi connectivity index (χ1v) is 9.73. The summed E-state index contributed by atoms with van der Waals surface area (Å²) in [6.07, 6.45) is -4.05. The predicted molar refractivity (Wildman–Crippen MR) is 106 cm³/mol. The van der Waals surface area contributed by atoms with Gasteiger partial charge in [-0.15, -0.1) is 0 Å². The Kier molecular flexibility index (Phi) is 5.72. The first-order valence-electron chi connectivity index (χ1n) is 9.73. The second kappa shape index (κ2) is 8.43. The molecule has 0 bridgehead atoms. The van der Waals surface area contributed by atoms with Gasteiger partial charge in [0.15, 0.2) is 0 Å².